The minimum absolute atomic E-state index is 0.508. The highest BCUT2D eigenvalue weighted by molar-refractivity contribution is 5.11. The number of hydrogen-bond acceptors (Lipinski definition) is 2. The van der Waals surface area contributed by atoms with Crippen molar-refractivity contribution >= 4 is 0 Å². The van der Waals surface area contributed by atoms with E-state index in [1.165, 1.54) is 70.8 Å². The van der Waals surface area contributed by atoms with E-state index < -0.39 is 0 Å². The first kappa shape index (κ1) is 13.6. The van der Waals surface area contributed by atoms with Crippen LogP contribution in [0, 0.1) is 16.7 Å². The fourth-order valence-corrected chi connectivity index (χ4v) is 5.26. The number of nitrogens with one attached hydrogen (secondary N) is 1. The molecule has 0 bridgehead atoms. The lowest BCUT2D eigenvalue weighted by Gasteiger charge is -2.58. The summed E-state index contributed by atoms with van der Waals surface area (Å²) in [5.74, 6) is 1.08. The highest BCUT2D eigenvalue weighted by Crippen LogP contribution is 2.61. The fourth-order valence-electron chi connectivity index (χ4n) is 5.26. The summed E-state index contributed by atoms with van der Waals surface area (Å²) in [4.78, 5) is 0. The van der Waals surface area contributed by atoms with Crippen LogP contribution in [-0.4, -0.2) is 25.3 Å². The van der Waals surface area contributed by atoms with Crippen LogP contribution in [0.5, 0.6) is 0 Å². The van der Waals surface area contributed by atoms with Gasteiger partial charge in [-0.1, -0.05) is 19.3 Å². The quantitative estimate of drug-likeness (QED) is 0.795. The Balaban J connectivity index is 1.37. The molecule has 4 rings (SSSR count). The van der Waals surface area contributed by atoms with Crippen LogP contribution in [0.15, 0.2) is 0 Å². The topological polar surface area (TPSA) is 21.3 Å². The molecule has 4 saturated carbocycles. The number of ether oxygens (including phenoxy) is 1. The van der Waals surface area contributed by atoms with Crippen LogP contribution in [0.2, 0.25) is 0 Å². The van der Waals surface area contributed by atoms with E-state index in [0.29, 0.717) is 11.5 Å². The van der Waals surface area contributed by atoms with E-state index >= 15 is 0 Å². The molecule has 0 amide bonds. The summed E-state index contributed by atoms with van der Waals surface area (Å²) in [6.45, 7) is 4.36. The van der Waals surface area contributed by atoms with Gasteiger partial charge in [0, 0.05) is 24.6 Å². The second kappa shape index (κ2) is 4.98. The first-order valence-corrected chi connectivity index (χ1v) is 9.14. The molecule has 20 heavy (non-hydrogen) atoms. The van der Waals surface area contributed by atoms with Crippen molar-refractivity contribution < 1.29 is 4.74 Å². The lowest BCUT2D eigenvalue weighted by Crippen LogP contribution is -2.65. The summed E-state index contributed by atoms with van der Waals surface area (Å²) in [7, 11) is 0. The Kier molecular flexibility index (Phi) is 3.38. The van der Waals surface area contributed by atoms with Gasteiger partial charge in [0.1, 0.15) is 0 Å². The molecule has 2 nitrogen and oxygen atoms in total. The molecule has 2 heteroatoms. The van der Waals surface area contributed by atoms with Crippen LogP contribution in [0.25, 0.3) is 0 Å². The Morgan fingerprint density at radius 3 is 2.40 bits per heavy atom. The zero-order valence-corrected chi connectivity index (χ0v) is 13.1. The van der Waals surface area contributed by atoms with Crippen LogP contribution in [0.4, 0.5) is 0 Å². The second-order valence-corrected chi connectivity index (χ2v) is 8.04. The smallest absolute Gasteiger partial charge is 0.0661 e. The van der Waals surface area contributed by atoms with Crippen molar-refractivity contribution in [1.29, 1.82) is 0 Å². The summed E-state index contributed by atoms with van der Waals surface area (Å²) < 4.78 is 6.07. The maximum absolute atomic E-state index is 6.07. The van der Waals surface area contributed by atoms with Gasteiger partial charge in [0.05, 0.1) is 6.10 Å². The SMILES string of the molecule is CCOC1CC(NCC2(C3CC3)CC2)C12CCCCC2. The average molecular weight is 277 g/mol. The molecular formula is C18H31NO. The van der Waals surface area contributed by atoms with Gasteiger partial charge in [0.2, 0.25) is 0 Å². The maximum atomic E-state index is 6.07. The standard InChI is InChI=1S/C18H31NO/c1-2-20-16-12-15(18(16)8-4-3-5-9-18)19-13-17(10-11-17)14-6-7-14/h14-16,19H,2-13H2,1H3. The van der Waals surface area contributed by atoms with Gasteiger partial charge in [-0.05, 0) is 63.2 Å². The van der Waals surface area contributed by atoms with Crippen LogP contribution in [0.3, 0.4) is 0 Å². The Morgan fingerprint density at radius 2 is 1.80 bits per heavy atom. The molecule has 0 aromatic rings. The predicted octanol–water partition coefficient (Wildman–Crippen LogP) is 3.89. The van der Waals surface area contributed by atoms with Crippen LogP contribution in [0.1, 0.15) is 71.1 Å². The Labute approximate surface area is 124 Å². The Bertz CT molecular complexity index is 352. The van der Waals surface area contributed by atoms with Crippen LogP contribution >= 0.6 is 0 Å². The van der Waals surface area contributed by atoms with Gasteiger partial charge >= 0.3 is 0 Å². The van der Waals surface area contributed by atoms with Gasteiger partial charge in [0.15, 0.2) is 0 Å². The van der Waals surface area contributed by atoms with Crippen molar-refractivity contribution in [2.75, 3.05) is 13.2 Å². The Morgan fingerprint density at radius 1 is 1.05 bits per heavy atom. The normalized spacial score (nSPS) is 37.6. The summed E-state index contributed by atoms with van der Waals surface area (Å²) in [6.07, 6.45) is 15.0. The molecule has 2 atom stereocenters. The number of rotatable bonds is 6. The van der Waals surface area contributed by atoms with Gasteiger partial charge in [-0.2, -0.15) is 0 Å². The second-order valence-electron chi connectivity index (χ2n) is 8.04. The van der Waals surface area contributed by atoms with Crippen LogP contribution < -0.4 is 5.32 Å². The van der Waals surface area contributed by atoms with E-state index in [9.17, 15) is 0 Å². The minimum atomic E-state index is 0.508. The van der Waals surface area contributed by atoms with Crippen molar-refractivity contribution in [2.45, 2.75) is 83.3 Å². The minimum Gasteiger partial charge on any atom is -0.378 e. The lowest BCUT2D eigenvalue weighted by molar-refractivity contribution is -0.150. The van der Waals surface area contributed by atoms with E-state index in [-0.39, 0.29) is 0 Å². The zero-order chi connectivity index (χ0) is 13.6. The predicted molar refractivity (Wildman–Crippen MR) is 81.7 cm³/mol. The van der Waals surface area contributed by atoms with E-state index in [4.69, 9.17) is 4.74 Å². The molecule has 0 radical (unpaired) electrons. The van der Waals surface area contributed by atoms with Gasteiger partial charge in [0.25, 0.3) is 0 Å². The molecule has 0 aromatic heterocycles. The summed E-state index contributed by atoms with van der Waals surface area (Å²) in [6, 6.07) is 0.760. The third kappa shape index (κ3) is 2.14. The molecule has 0 aliphatic heterocycles. The van der Waals surface area contributed by atoms with E-state index in [0.717, 1.165) is 24.0 Å². The molecule has 4 aliphatic rings. The van der Waals surface area contributed by atoms with Crippen molar-refractivity contribution in [3.8, 4) is 0 Å². The third-order valence-electron chi connectivity index (χ3n) is 6.97. The van der Waals surface area contributed by atoms with Crippen molar-refractivity contribution in [1.82, 2.24) is 5.32 Å². The highest BCUT2D eigenvalue weighted by atomic mass is 16.5. The lowest BCUT2D eigenvalue weighted by atomic mass is 9.55. The summed E-state index contributed by atoms with van der Waals surface area (Å²) >= 11 is 0. The molecule has 0 heterocycles. The third-order valence-corrected chi connectivity index (χ3v) is 6.97. The fraction of sp³-hybridized carbons (Fsp3) is 1.00. The summed E-state index contributed by atoms with van der Waals surface area (Å²) in [5, 5.41) is 4.01. The molecule has 0 aromatic carbocycles. The summed E-state index contributed by atoms with van der Waals surface area (Å²) in [5.41, 5.74) is 1.25. The Hall–Kier alpha value is -0.0800. The van der Waals surface area contributed by atoms with Crippen molar-refractivity contribution in [3.05, 3.63) is 0 Å². The monoisotopic (exact) mass is 277 g/mol. The first-order chi connectivity index (χ1) is 9.79. The number of hydrogen-bond donors (Lipinski definition) is 1. The van der Waals surface area contributed by atoms with Gasteiger partial charge in [-0.25, -0.2) is 0 Å². The molecule has 2 unspecified atom stereocenters. The van der Waals surface area contributed by atoms with Crippen molar-refractivity contribution in [2.24, 2.45) is 16.7 Å². The molecule has 4 fully saturated rings. The first-order valence-electron chi connectivity index (χ1n) is 9.14. The molecule has 1 spiro atoms. The maximum Gasteiger partial charge on any atom is 0.0661 e. The van der Waals surface area contributed by atoms with Crippen molar-refractivity contribution in [3.63, 3.8) is 0 Å². The van der Waals surface area contributed by atoms with Gasteiger partial charge in [-0.3, -0.25) is 0 Å². The van der Waals surface area contributed by atoms with Gasteiger partial charge < -0.3 is 10.1 Å². The van der Waals surface area contributed by atoms with E-state index in [1.807, 2.05) is 0 Å². The largest absolute Gasteiger partial charge is 0.378 e. The molecule has 0 saturated heterocycles. The highest BCUT2D eigenvalue weighted by Gasteiger charge is 2.58. The molecule has 1 N–H and O–H groups in total. The zero-order valence-electron chi connectivity index (χ0n) is 13.1. The van der Waals surface area contributed by atoms with Crippen LogP contribution in [-0.2, 0) is 4.74 Å². The molecular weight excluding hydrogens is 246 g/mol. The molecule has 4 aliphatic carbocycles. The van der Waals surface area contributed by atoms with Gasteiger partial charge in [-0.15, -0.1) is 0 Å². The molecule has 114 valence electrons. The average Bonchev–Trinajstić information content (AvgIpc) is 3.36. The van der Waals surface area contributed by atoms with E-state index in [2.05, 4.69) is 12.2 Å². The van der Waals surface area contributed by atoms with E-state index in [1.54, 1.807) is 0 Å².